The van der Waals surface area contributed by atoms with Gasteiger partial charge in [0.25, 0.3) is 0 Å². The Morgan fingerprint density at radius 1 is 2.00 bits per heavy atom. The van der Waals surface area contributed by atoms with E-state index in [1.807, 2.05) is 5.48 Å². The normalized spacial score (nSPS) is 8.12. The Hall–Kier alpha value is -0.540. The second-order valence-electron chi connectivity index (χ2n) is 1.04. The quantitative estimate of drug-likeness (QED) is 0.345. The lowest BCUT2D eigenvalue weighted by molar-refractivity contribution is -0.119. The van der Waals surface area contributed by atoms with Gasteiger partial charge in [-0.1, -0.05) is 18.2 Å². The Balaban J connectivity index is 2.93. The second kappa shape index (κ2) is 4.61. The summed E-state index contributed by atoms with van der Waals surface area (Å²) in [7, 11) is 0. The van der Waals surface area contributed by atoms with Crippen LogP contribution in [-0.2, 0) is 9.63 Å². The Morgan fingerprint density at radius 2 is 2.62 bits per heavy atom. The fourth-order valence-corrected chi connectivity index (χ4v) is 0.209. The van der Waals surface area contributed by atoms with Crippen LogP contribution in [-0.4, -0.2) is 13.0 Å². The van der Waals surface area contributed by atoms with Gasteiger partial charge in [0.15, 0.2) is 0 Å². The fourth-order valence-electron chi connectivity index (χ4n) is 0.154. The zero-order valence-corrected chi connectivity index (χ0v) is 4.94. The van der Waals surface area contributed by atoms with E-state index < -0.39 is 0 Å². The highest BCUT2D eigenvalue weighted by Gasteiger charge is 1.84. The number of halogens is 1. The Kier molecular flexibility index (Phi) is 4.30. The molecular weight excluding hydrogens is 130 g/mol. The summed E-state index contributed by atoms with van der Waals surface area (Å²) in [5.74, 6) is 0. The number of carbonyl (C=O) groups is 1. The lowest BCUT2D eigenvalue weighted by Crippen LogP contribution is -2.12. The highest BCUT2D eigenvalue weighted by atomic mass is 35.5. The molecule has 0 atom stereocenters. The minimum Gasteiger partial charge on any atom is -0.277 e. The molecule has 0 radical (unpaired) electrons. The number of amides is 1. The first-order valence-corrected chi connectivity index (χ1v) is 2.29. The van der Waals surface area contributed by atoms with E-state index in [0.29, 0.717) is 11.4 Å². The van der Waals surface area contributed by atoms with Crippen LogP contribution in [0.15, 0.2) is 11.6 Å². The fraction of sp³-hybridized carbons (Fsp3) is 0.250. The van der Waals surface area contributed by atoms with E-state index in [4.69, 9.17) is 11.6 Å². The second-order valence-corrected chi connectivity index (χ2v) is 1.58. The topological polar surface area (TPSA) is 38.3 Å². The first kappa shape index (κ1) is 7.46. The summed E-state index contributed by atoms with van der Waals surface area (Å²) in [6.45, 7) is 3.45. The molecule has 0 bridgehead atoms. The molecule has 0 rings (SSSR count). The zero-order chi connectivity index (χ0) is 6.41. The standard InChI is InChI=1S/C4H6ClNO2/c1-4(5)2-8-6-3-7/h3H,1-2H2,(H,6,7). The minimum atomic E-state index is 0.139. The number of hydrogen-bond acceptors (Lipinski definition) is 2. The molecule has 0 fully saturated rings. The van der Waals surface area contributed by atoms with Crippen molar-refractivity contribution in [3.63, 3.8) is 0 Å². The van der Waals surface area contributed by atoms with E-state index in [9.17, 15) is 4.79 Å². The van der Waals surface area contributed by atoms with Crippen molar-refractivity contribution >= 4 is 18.0 Å². The van der Waals surface area contributed by atoms with Gasteiger partial charge in [0.05, 0.1) is 0 Å². The van der Waals surface area contributed by atoms with Crippen molar-refractivity contribution in [2.45, 2.75) is 0 Å². The third-order valence-corrected chi connectivity index (χ3v) is 0.469. The molecule has 1 N–H and O–H groups in total. The van der Waals surface area contributed by atoms with Crippen LogP contribution < -0.4 is 5.48 Å². The molecule has 0 heterocycles. The number of carbonyl (C=O) groups excluding carboxylic acids is 1. The van der Waals surface area contributed by atoms with Gasteiger partial charge in [0, 0.05) is 5.03 Å². The van der Waals surface area contributed by atoms with Gasteiger partial charge in [0.2, 0.25) is 6.41 Å². The zero-order valence-electron chi connectivity index (χ0n) is 4.19. The third-order valence-electron chi connectivity index (χ3n) is 0.360. The summed E-state index contributed by atoms with van der Waals surface area (Å²) >= 11 is 5.24. The highest BCUT2D eigenvalue weighted by Crippen LogP contribution is 1.93. The van der Waals surface area contributed by atoms with Crippen LogP contribution in [0.25, 0.3) is 0 Å². The first-order chi connectivity index (χ1) is 3.77. The predicted octanol–water partition coefficient (Wildman–Crippen LogP) is 0.416. The van der Waals surface area contributed by atoms with Gasteiger partial charge in [-0.25, -0.2) is 5.48 Å². The number of rotatable bonds is 4. The van der Waals surface area contributed by atoms with Crippen molar-refractivity contribution < 1.29 is 9.63 Å². The first-order valence-electron chi connectivity index (χ1n) is 1.91. The summed E-state index contributed by atoms with van der Waals surface area (Å²) in [6, 6.07) is 0. The maximum Gasteiger partial charge on any atom is 0.230 e. The van der Waals surface area contributed by atoms with Gasteiger partial charge in [0.1, 0.15) is 6.61 Å². The van der Waals surface area contributed by atoms with Crippen LogP contribution in [0.3, 0.4) is 0 Å². The lowest BCUT2D eigenvalue weighted by atomic mass is 10.7. The van der Waals surface area contributed by atoms with E-state index in [0.717, 1.165) is 0 Å². The molecule has 0 aromatic carbocycles. The molecular formula is C4H6ClNO2. The van der Waals surface area contributed by atoms with Crippen molar-refractivity contribution in [3.8, 4) is 0 Å². The predicted molar refractivity (Wildman–Crippen MR) is 30.1 cm³/mol. The van der Waals surface area contributed by atoms with Crippen molar-refractivity contribution in [2.24, 2.45) is 0 Å². The maximum atomic E-state index is 9.48. The summed E-state index contributed by atoms with van der Waals surface area (Å²) in [5.41, 5.74) is 1.95. The molecule has 0 unspecified atom stereocenters. The molecule has 46 valence electrons. The Morgan fingerprint density at radius 3 is 3.00 bits per heavy atom. The van der Waals surface area contributed by atoms with Crippen molar-refractivity contribution in [1.29, 1.82) is 0 Å². The van der Waals surface area contributed by atoms with E-state index in [-0.39, 0.29) is 6.61 Å². The van der Waals surface area contributed by atoms with Gasteiger partial charge in [-0.05, 0) is 0 Å². The molecule has 0 aliphatic heterocycles. The molecule has 0 saturated heterocycles. The van der Waals surface area contributed by atoms with Gasteiger partial charge >= 0.3 is 0 Å². The van der Waals surface area contributed by atoms with E-state index in [1.165, 1.54) is 0 Å². The van der Waals surface area contributed by atoms with Crippen LogP contribution >= 0.6 is 11.6 Å². The molecule has 0 aliphatic rings. The smallest absolute Gasteiger partial charge is 0.230 e. The molecule has 4 heteroatoms. The maximum absolute atomic E-state index is 9.48. The number of nitrogens with one attached hydrogen (secondary N) is 1. The molecule has 0 saturated carbocycles. The third kappa shape index (κ3) is 5.46. The molecule has 3 nitrogen and oxygen atoms in total. The van der Waals surface area contributed by atoms with Crippen LogP contribution in [0.5, 0.6) is 0 Å². The minimum absolute atomic E-state index is 0.139. The summed E-state index contributed by atoms with van der Waals surface area (Å²) < 4.78 is 0. The van der Waals surface area contributed by atoms with Gasteiger partial charge in [-0.2, -0.15) is 0 Å². The SMILES string of the molecule is C=C(Cl)CONC=O. The van der Waals surface area contributed by atoms with Crippen LogP contribution in [0, 0.1) is 0 Å². The van der Waals surface area contributed by atoms with Gasteiger partial charge < -0.3 is 0 Å². The Bertz CT molecular complexity index is 94.0. The van der Waals surface area contributed by atoms with Crippen LogP contribution in [0.1, 0.15) is 0 Å². The van der Waals surface area contributed by atoms with E-state index >= 15 is 0 Å². The monoisotopic (exact) mass is 135 g/mol. The lowest BCUT2D eigenvalue weighted by Gasteiger charge is -1.95. The molecule has 1 amide bonds. The van der Waals surface area contributed by atoms with Gasteiger partial charge in [-0.3, -0.25) is 9.63 Å². The highest BCUT2D eigenvalue weighted by molar-refractivity contribution is 6.29. The molecule has 0 aliphatic carbocycles. The summed E-state index contributed by atoms with van der Waals surface area (Å²) in [5, 5.41) is 0.347. The number of hydrogen-bond donors (Lipinski definition) is 1. The molecule has 0 aromatic rings. The summed E-state index contributed by atoms with van der Waals surface area (Å²) in [6.07, 6.45) is 0.416. The average molecular weight is 136 g/mol. The summed E-state index contributed by atoms with van der Waals surface area (Å²) in [4.78, 5) is 13.9. The molecule has 0 aromatic heterocycles. The van der Waals surface area contributed by atoms with Crippen molar-refractivity contribution in [1.82, 2.24) is 5.48 Å². The van der Waals surface area contributed by atoms with E-state index in [2.05, 4.69) is 11.4 Å². The van der Waals surface area contributed by atoms with Crippen molar-refractivity contribution in [3.05, 3.63) is 11.6 Å². The van der Waals surface area contributed by atoms with Crippen molar-refractivity contribution in [2.75, 3.05) is 6.61 Å². The van der Waals surface area contributed by atoms with E-state index in [1.54, 1.807) is 0 Å². The van der Waals surface area contributed by atoms with Crippen LogP contribution in [0.2, 0.25) is 0 Å². The molecule has 0 spiro atoms. The average Bonchev–Trinajstić information content (AvgIpc) is 1.66. The van der Waals surface area contributed by atoms with Crippen LogP contribution in [0.4, 0.5) is 0 Å². The molecule has 8 heavy (non-hydrogen) atoms. The largest absolute Gasteiger partial charge is 0.277 e. The number of hydroxylamine groups is 1. The Labute approximate surface area is 52.2 Å². The van der Waals surface area contributed by atoms with Gasteiger partial charge in [-0.15, -0.1) is 0 Å².